The number of fused-ring (bicyclic) bond motifs is 1. The summed E-state index contributed by atoms with van der Waals surface area (Å²) in [4.78, 5) is 18.0. The lowest BCUT2D eigenvalue weighted by Crippen LogP contribution is -2.15. The van der Waals surface area contributed by atoms with Crippen LogP contribution in [0, 0.1) is 0 Å². The summed E-state index contributed by atoms with van der Waals surface area (Å²) in [6, 6.07) is 15.3. The highest BCUT2D eigenvalue weighted by Gasteiger charge is 2.13. The Kier molecular flexibility index (Phi) is 6.39. The number of anilines is 1. The van der Waals surface area contributed by atoms with E-state index in [4.69, 9.17) is 4.74 Å². The molecule has 0 fully saturated rings. The highest BCUT2D eigenvalue weighted by Crippen LogP contribution is 2.26. The fraction of sp³-hybridized carbons (Fsp3) is 0.100. The number of halogens is 2. The zero-order chi connectivity index (χ0) is 18.8. The van der Waals surface area contributed by atoms with Gasteiger partial charge in [0, 0.05) is 33.0 Å². The van der Waals surface area contributed by atoms with E-state index in [1.165, 1.54) is 11.3 Å². The van der Waals surface area contributed by atoms with Crippen molar-refractivity contribution in [2.24, 2.45) is 0 Å². The highest BCUT2D eigenvalue weighted by atomic mass is 79.9. The molecule has 0 bridgehead atoms. The van der Waals surface area contributed by atoms with Gasteiger partial charge in [-0.05, 0) is 36.4 Å². The normalized spacial score (nSPS) is 10.5. The second kappa shape index (κ2) is 8.77. The van der Waals surface area contributed by atoms with Crippen LogP contribution in [0.15, 0.2) is 64.6 Å². The van der Waals surface area contributed by atoms with Crippen LogP contribution >= 0.6 is 39.7 Å². The summed E-state index contributed by atoms with van der Waals surface area (Å²) in [5.74, 6) is 0.684. The average Bonchev–Trinajstić information content (AvgIpc) is 3.24. The van der Waals surface area contributed by atoms with Crippen LogP contribution < -0.4 is 10.1 Å². The van der Waals surface area contributed by atoms with Crippen molar-refractivity contribution in [2.45, 2.75) is 6.42 Å². The lowest BCUT2D eigenvalue weighted by molar-refractivity contribution is -0.115. The monoisotopic (exact) mass is 477 g/mol. The van der Waals surface area contributed by atoms with Crippen LogP contribution in [0.5, 0.6) is 5.75 Å². The summed E-state index contributed by atoms with van der Waals surface area (Å²) in [5, 5.41) is 4.89. The Morgan fingerprint density at radius 3 is 2.75 bits per heavy atom. The van der Waals surface area contributed by atoms with Gasteiger partial charge >= 0.3 is 0 Å². The largest absolute Gasteiger partial charge is 0.497 e. The molecule has 1 amide bonds. The average molecular weight is 479 g/mol. The lowest BCUT2D eigenvalue weighted by atomic mass is 10.2. The molecule has 0 unspecified atom stereocenters. The summed E-state index contributed by atoms with van der Waals surface area (Å²) >= 11 is 5.02. The van der Waals surface area contributed by atoms with E-state index >= 15 is 0 Å². The van der Waals surface area contributed by atoms with Crippen LogP contribution in [0.4, 0.5) is 5.69 Å². The molecule has 0 aliphatic heterocycles. The number of hydrogen-bond acceptors (Lipinski definition) is 4. The van der Waals surface area contributed by atoms with Gasteiger partial charge < -0.3 is 10.1 Å². The molecule has 0 aliphatic rings. The second-order valence-electron chi connectivity index (χ2n) is 5.97. The zero-order valence-electron chi connectivity index (χ0n) is 14.9. The van der Waals surface area contributed by atoms with Crippen molar-refractivity contribution in [3.05, 3.63) is 70.3 Å². The third-order valence-electron chi connectivity index (χ3n) is 4.12. The number of amides is 1. The van der Waals surface area contributed by atoms with Crippen molar-refractivity contribution >= 4 is 56.2 Å². The fourth-order valence-corrected chi connectivity index (χ4v) is 4.06. The molecule has 0 atom stereocenters. The van der Waals surface area contributed by atoms with Crippen molar-refractivity contribution in [2.75, 3.05) is 12.4 Å². The van der Waals surface area contributed by atoms with Crippen LogP contribution in [0.3, 0.4) is 0 Å². The maximum atomic E-state index is 12.4. The number of thiazole rings is 1. The minimum atomic E-state index is -0.0717. The minimum absolute atomic E-state index is 0. The SMILES string of the molecule is COc1ccc(NC(=O)Cc2csc3nc(-c4cccc(Br)c4)cn23)cc1.Cl. The number of ether oxygens (including phenoxy) is 1. The predicted molar refractivity (Wildman–Crippen MR) is 119 cm³/mol. The third-order valence-corrected chi connectivity index (χ3v) is 5.50. The number of hydrogen-bond donors (Lipinski definition) is 1. The predicted octanol–water partition coefficient (Wildman–Crippen LogP) is 5.44. The van der Waals surface area contributed by atoms with Gasteiger partial charge in [-0.3, -0.25) is 9.20 Å². The van der Waals surface area contributed by atoms with Crippen LogP contribution in [0.1, 0.15) is 5.69 Å². The molecule has 2 heterocycles. The number of aromatic nitrogens is 2. The Balaban J connectivity index is 0.00000225. The van der Waals surface area contributed by atoms with Gasteiger partial charge in [0.1, 0.15) is 5.75 Å². The smallest absolute Gasteiger partial charge is 0.230 e. The molecule has 144 valence electrons. The Morgan fingerprint density at radius 2 is 2.04 bits per heavy atom. The molecule has 0 aliphatic carbocycles. The summed E-state index contributed by atoms with van der Waals surface area (Å²) in [7, 11) is 1.61. The van der Waals surface area contributed by atoms with Gasteiger partial charge in [-0.15, -0.1) is 23.7 Å². The van der Waals surface area contributed by atoms with Crippen molar-refractivity contribution in [3.63, 3.8) is 0 Å². The summed E-state index contributed by atoms with van der Waals surface area (Å²) in [5.41, 5.74) is 3.58. The van der Waals surface area contributed by atoms with Gasteiger partial charge in [0.05, 0.1) is 19.2 Å². The number of methoxy groups -OCH3 is 1. The number of benzene rings is 2. The van der Waals surface area contributed by atoms with E-state index in [1.807, 2.05) is 64.5 Å². The first-order valence-corrected chi connectivity index (χ1v) is 9.95. The van der Waals surface area contributed by atoms with Crippen LogP contribution in [0.25, 0.3) is 16.2 Å². The Bertz CT molecular complexity index is 1110. The zero-order valence-corrected chi connectivity index (χ0v) is 18.1. The molecule has 28 heavy (non-hydrogen) atoms. The lowest BCUT2D eigenvalue weighted by Gasteiger charge is -2.06. The second-order valence-corrected chi connectivity index (χ2v) is 7.72. The summed E-state index contributed by atoms with van der Waals surface area (Å²) in [6.07, 6.45) is 2.25. The summed E-state index contributed by atoms with van der Waals surface area (Å²) in [6.45, 7) is 0. The first kappa shape index (κ1) is 20.4. The number of imidazole rings is 1. The fourth-order valence-electron chi connectivity index (χ4n) is 2.79. The quantitative estimate of drug-likeness (QED) is 0.416. The molecule has 2 aromatic heterocycles. The maximum Gasteiger partial charge on any atom is 0.230 e. The molecule has 0 radical (unpaired) electrons. The molecule has 0 spiro atoms. The van der Waals surface area contributed by atoms with E-state index in [9.17, 15) is 4.79 Å². The van der Waals surface area contributed by atoms with E-state index in [0.717, 1.165) is 37.8 Å². The van der Waals surface area contributed by atoms with Crippen LogP contribution in [-0.4, -0.2) is 22.4 Å². The first-order valence-electron chi connectivity index (χ1n) is 8.28. The standard InChI is InChI=1S/C20H16BrN3O2S.ClH/c1-26-17-7-5-15(6-8-17)22-19(25)10-16-12-27-20-23-18(11-24(16)20)13-3-2-4-14(21)9-13;/h2-9,11-12H,10H2,1H3,(H,22,25);1H. The van der Waals surface area contributed by atoms with Gasteiger partial charge in [0.25, 0.3) is 0 Å². The van der Waals surface area contributed by atoms with Crippen LogP contribution in [0.2, 0.25) is 0 Å². The molecule has 5 nitrogen and oxygen atoms in total. The highest BCUT2D eigenvalue weighted by molar-refractivity contribution is 9.10. The van der Waals surface area contributed by atoms with Crippen LogP contribution in [-0.2, 0) is 11.2 Å². The van der Waals surface area contributed by atoms with Gasteiger partial charge in [0.2, 0.25) is 5.91 Å². The number of nitrogens with zero attached hydrogens (tertiary/aromatic N) is 2. The Morgan fingerprint density at radius 1 is 1.25 bits per heavy atom. The number of nitrogens with one attached hydrogen (secondary N) is 1. The van der Waals surface area contributed by atoms with E-state index in [1.54, 1.807) is 7.11 Å². The molecule has 0 saturated carbocycles. The van der Waals surface area contributed by atoms with Gasteiger partial charge in [-0.25, -0.2) is 4.98 Å². The Labute approximate surface area is 180 Å². The maximum absolute atomic E-state index is 12.4. The molecule has 2 aromatic carbocycles. The van der Waals surface area contributed by atoms with Crippen molar-refractivity contribution in [1.29, 1.82) is 0 Å². The molecular weight excluding hydrogens is 462 g/mol. The van der Waals surface area contributed by atoms with Crippen molar-refractivity contribution in [3.8, 4) is 17.0 Å². The molecule has 1 N–H and O–H groups in total. The first-order chi connectivity index (χ1) is 13.1. The van der Waals surface area contributed by atoms with E-state index < -0.39 is 0 Å². The van der Waals surface area contributed by atoms with Crippen molar-refractivity contribution in [1.82, 2.24) is 9.38 Å². The number of carbonyl (C=O) groups excluding carboxylic acids is 1. The van der Waals surface area contributed by atoms with Crippen molar-refractivity contribution < 1.29 is 9.53 Å². The third kappa shape index (κ3) is 4.38. The number of rotatable bonds is 5. The molecule has 4 aromatic rings. The molecule has 4 rings (SSSR count). The molecule has 8 heteroatoms. The molecular formula is C20H17BrClN3O2S. The summed E-state index contributed by atoms with van der Waals surface area (Å²) < 4.78 is 8.12. The van der Waals surface area contributed by atoms with E-state index in [0.29, 0.717) is 0 Å². The topological polar surface area (TPSA) is 55.6 Å². The minimum Gasteiger partial charge on any atom is -0.497 e. The van der Waals surface area contributed by atoms with Gasteiger partial charge in [0.15, 0.2) is 4.96 Å². The van der Waals surface area contributed by atoms with Gasteiger partial charge in [-0.1, -0.05) is 28.1 Å². The van der Waals surface area contributed by atoms with Gasteiger partial charge in [-0.2, -0.15) is 0 Å². The van der Waals surface area contributed by atoms with E-state index in [2.05, 4.69) is 26.2 Å². The molecule has 0 saturated heterocycles. The Hall–Kier alpha value is -2.35. The number of carbonyl (C=O) groups is 1. The van der Waals surface area contributed by atoms with E-state index in [-0.39, 0.29) is 24.7 Å².